The van der Waals surface area contributed by atoms with Crippen molar-refractivity contribution < 1.29 is 9.59 Å². The molecule has 1 atom stereocenters. The number of hydrogen-bond acceptors (Lipinski definition) is 4. The average Bonchev–Trinajstić information content (AvgIpc) is 3.35. The van der Waals surface area contributed by atoms with Gasteiger partial charge in [-0.3, -0.25) is 14.2 Å². The molecule has 1 unspecified atom stereocenters. The molecule has 31 heavy (non-hydrogen) atoms. The van der Waals surface area contributed by atoms with Crippen LogP contribution in [0.4, 0.5) is 5.69 Å². The lowest BCUT2D eigenvalue weighted by Crippen LogP contribution is -2.36. The van der Waals surface area contributed by atoms with E-state index in [9.17, 15) is 14.4 Å². The molecule has 1 aromatic heterocycles. The van der Waals surface area contributed by atoms with Crippen molar-refractivity contribution in [1.29, 1.82) is 0 Å². The van der Waals surface area contributed by atoms with Crippen molar-refractivity contribution in [1.82, 2.24) is 19.7 Å². The first-order valence-electron chi connectivity index (χ1n) is 11.4. The van der Waals surface area contributed by atoms with E-state index in [0.717, 1.165) is 44.3 Å². The Morgan fingerprint density at radius 2 is 1.97 bits per heavy atom. The van der Waals surface area contributed by atoms with Crippen molar-refractivity contribution in [2.24, 2.45) is 5.92 Å². The number of anilines is 1. The number of carbonyl (C=O) groups excluding carboxylic acids is 2. The number of amides is 2. The molecular formula is C23H31N5O3. The fourth-order valence-corrected chi connectivity index (χ4v) is 4.57. The normalized spacial score (nSPS) is 18.9. The maximum atomic E-state index is 12.8. The van der Waals surface area contributed by atoms with Crippen LogP contribution in [0.5, 0.6) is 0 Å². The van der Waals surface area contributed by atoms with Gasteiger partial charge in [-0.1, -0.05) is 25.8 Å². The molecule has 2 heterocycles. The van der Waals surface area contributed by atoms with E-state index in [0.29, 0.717) is 37.2 Å². The van der Waals surface area contributed by atoms with Crippen LogP contribution in [-0.4, -0.2) is 32.2 Å². The van der Waals surface area contributed by atoms with E-state index >= 15 is 0 Å². The number of aryl methyl sites for hydroxylation is 2. The second-order valence-electron chi connectivity index (χ2n) is 8.62. The molecule has 2 aromatic rings. The predicted octanol–water partition coefficient (Wildman–Crippen LogP) is 2.72. The number of benzene rings is 1. The van der Waals surface area contributed by atoms with Crippen LogP contribution in [0.3, 0.4) is 0 Å². The highest BCUT2D eigenvalue weighted by Gasteiger charge is 2.24. The predicted molar refractivity (Wildman–Crippen MR) is 118 cm³/mol. The van der Waals surface area contributed by atoms with Gasteiger partial charge in [-0.05, 0) is 50.3 Å². The molecule has 1 fully saturated rings. The van der Waals surface area contributed by atoms with Gasteiger partial charge in [-0.2, -0.15) is 5.10 Å². The van der Waals surface area contributed by atoms with E-state index in [2.05, 4.69) is 15.7 Å². The number of hydrogen-bond donors (Lipinski definition) is 2. The summed E-state index contributed by atoms with van der Waals surface area (Å²) in [6.07, 6.45) is 7.05. The standard InChI is InChI=1S/C23H31N5O3/c1-2-13-28-23(31)27-14-12-18(10-11-20(27)26-28)24-22(30)17-8-5-9-19(15-17)25-21(29)16-6-3-4-7-16/h5,8-9,15-16,18H,2-4,6-7,10-14H2,1H3,(H,24,30)(H,25,29). The number of aromatic nitrogens is 3. The van der Waals surface area contributed by atoms with Gasteiger partial charge in [0.05, 0.1) is 0 Å². The van der Waals surface area contributed by atoms with Gasteiger partial charge >= 0.3 is 5.69 Å². The molecule has 166 valence electrons. The lowest BCUT2D eigenvalue weighted by Gasteiger charge is -2.17. The minimum Gasteiger partial charge on any atom is -0.349 e. The number of fused-ring (bicyclic) bond motifs is 1. The summed E-state index contributed by atoms with van der Waals surface area (Å²) in [4.78, 5) is 37.7. The van der Waals surface area contributed by atoms with Gasteiger partial charge in [0.2, 0.25) is 5.91 Å². The zero-order valence-electron chi connectivity index (χ0n) is 18.1. The summed E-state index contributed by atoms with van der Waals surface area (Å²) < 4.78 is 3.28. The van der Waals surface area contributed by atoms with Crippen molar-refractivity contribution in [3.05, 3.63) is 46.1 Å². The fourth-order valence-electron chi connectivity index (χ4n) is 4.57. The van der Waals surface area contributed by atoms with Gasteiger partial charge in [0.25, 0.3) is 5.91 Å². The second kappa shape index (κ2) is 9.49. The van der Waals surface area contributed by atoms with Crippen molar-refractivity contribution in [3.63, 3.8) is 0 Å². The van der Waals surface area contributed by atoms with Crippen LogP contribution in [0.2, 0.25) is 0 Å². The van der Waals surface area contributed by atoms with Gasteiger partial charge in [0, 0.05) is 42.7 Å². The quantitative estimate of drug-likeness (QED) is 0.743. The van der Waals surface area contributed by atoms with Crippen LogP contribution >= 0.6 is 0 Å². The first-order chi connectivity index (χ1) is 15.0. The summed E-state index contributed by atoms with van der Waals surface area (Å²) in [7, 11) is 0. The molecule has 1 aliphatic carbocycles. The topological polar surface area (TPSA) is 98.0 Å². The Morgan fingerprint density at radius 1 is 1.16 bits per heavy atom. The van der Waals surface area contributed by atoms with Crippen LogP contribution in [0.1, 0.15) is 68.1 Å². The zero-order chi connectivity index (χ0) is 21.8. The van der Waals surface area contributed by atoms with E-state index in [1.54, 1.807) is 27.4 Å². The molecule has 0 radical (unpaired) electrons. The largest absolute Gasteiger partial charge is 0.349 e. The molecule has 8 nitrogen and oxygen atoms in total. The van der Waals surface area contributed by atoms with Crippen molar-refractivity contribution >= 4 is 17.5 Å². The van der Waals surface area contributed by atoms with E-state index in [-0.39, 0.29) is 29.5 Å². The number of nitrogens with zero attached hydrogens (tertiary/aromatic N) is 3. The highest BCUT2D eigenvalue weighted by molar-refractivity contribution is 5.97. The van der Waals surface area contributed by atoms with E-state index in [1.165, 1.54) is 0 Å². The van der Waals surface area contributed by atoms with Gasteiger partial charge < -0.3 is 10.6 Å². The smallest absolute Gasteiger partial charge is 0.345 e. The van der Waals surface area contributed by atoms with Crippen LogP contribution < -0.4 is 16.3 Å². The molecular weight excluding hydrogens is 394 g/mol. The molecule has 4 rings (SSSR count). The van der Waals surface area contributed by atoms with Crippen LogP contribution in [-0.2, 0) is 24.3 Å². The average molecular weight is 426 g/mol. The minimum atomic E-state index is -0.162. The Hall–Kier alpha value is -2.90. The van der Waals surface area contributed by atoms with Crippen LogP contribution in [0, 0.1) is 5.92 Å². The van der Waals surface area contributed by atoms with E-state index < -0.39 is 0 Å². The molecule has 0 bridgehead atoms. The molecule has 1 saturated carbocycles. The Labute approximate surface area is 182 Å². The number of rotatable bonds is 6. The van der Waals surface area contributed by atoms with Crippen LogP contribution in [0.15, 0.2) is 29.1 Å². The van der Waals surface area contributed by atoms with Crippen LogP contribution in [0.25, 0.3) is 0 Å². The minimum absolute atomic E-state index is 0.0232. The fraction of sp³-hybridized carbons (Fsp3) is 0.565. The summed E-state index contributed by atoms with van der Waals surface area (Å²) >= 11 is 0. The third kappa shape index (κ3) is 4.89. The number of nitrogens with one attached hydrogen (secondary N) is 2. The second-order valence-corrected chi connectivity index (χ2v) is 8.62. The molecule has 2 aliphatic rings. The molecule has 0 saturated heterocycles. The van der Waals surface area contributed by atoms with E-state index in [4.69, 9.17) is 0 Å². The van der Waals surface area contributed by atoms with Crippen molar-refractivity contribution in [3.8, 4) is 0 Å². The van der Waals surface area contributed by atoms with Crippen molar-refractivity contribution in [2.45, 2.75) is 77.4 Å². The van der Waals surface area contributed by atoms with E-state index in [1.807, 2.05) is 13.0 Å². The third-order valence-corrected chi connectivity index (χ3v) is 6.31. The third-order valence-electron chi connectivity index (χ3n) is 6.31. The van der Waals surface area contributed by atoms with Gasteiger partial charge in [-0.25, -0.2) is 9.48 Å². The summed E-state index contributed by atoms with van der Waals surface area (Å²) in [6, 6.07) is 7.07. The lowest BCUT2D eigenvalue weighted by molar-refractivity contribution is -0.119. The molecule has 1 aromatic carbocycles. The lowest BCUT2D eigenvalue weighted by atomic mass is 10.1. The Bertz CT molecular complexity index is 1000. The maximum Gasteiger partial charge on any atom is 0.345 e. The molecule has 1 aliphatic heterocycles. The molecule has 2 amide bonds. The molecule has 8 heteroatoms. The summed E-state index contributed by atoms with van der Waals surface area (Å²) in [6.45, 7) is 3.21. The van der Waals surface area contributed by atoms with Gasteiger partial charge in [0.15, 0.2) is 0 Å². The Balaban J connectivity index is 1.36. The summed E-state index contributed by atoms with van der Waals surface area (Å²) in [5.41, 5.74) is 1.12. The van der Waals surface area contributed by atoms with Crippen molar-refractivity contribution in [2.75, 3.05) is 5.32 Å². The summed E-state index contributed by atoms with van der Waals surface area (Å²) in [5.74, 6) is 0.760. The summed E-state index contributed by atoms with van der Waals surface area (Å²) in [5, 5.41) is 10.5. The SMILES string of the molecule is CCCn1nc2n(c1=O)CCC(NC(=O)c1cccc(NC(=O)C3CCCC3)c1)CC2. The Kier molecular flexibility index (Phi) is 6.53. The number of carbonyl (C=O) groups is 2. The highest BCUT2D eigenvalue weighted by atomic mass is 16.2. The maximum absolute atomic E-state index is 12.8. The molecule has 0 spiro atoms. The first kappa shape index (κ1) is 21.3. The highest BCUT2D eigenvalue weighted by Crippen LogP contribution is 2.26. The van der Waals surface area contributed by atoms with Gasteiger partial charge in [-0.15, -0.1) is 0 Å². The molecule has 2 N–H and O–H groups in total. The first-order valence-corrected chi connectivity index (χ1v) is 11.4. The Morgan fingerprint density at radius 3 is 2.74 bits per heavy atom. The zero-order valence-corrected chi connectivity index (χ0v) is 18.1. The van der Waals surface area contributed by atoms with Gasteiger partial charge in [0.1, 0.15) is 5.82 Å². The monoisotopic (exact) mass is 425 g/mol.